The molecule has 82 valence electrons. The predicted octanol–water partition coefficient (Wildman–Crippen LogP) is 2.79. The molecular formula is C12H16FNO. The Hall–Kier alpha value is -1.38. The first kappa shape index (κ1) is 11.7. The molecule has 0 aliphatic rings. The van der Waals surface area contributed by atoms with Crippen LogP contribution in [0.15, 0.2) is 30.3 Å². The van der Waals surface area contributed by atoms with Gasteiger partial charge in [-0.25, -0.2) is 4.39 Å². The lowest BCUT2D eigenvalue weighted by Gasteiger charge is -2.21. The molecule has 0 N–H and O–H groups in total. The molecule has 1 aromatic rings. The first-order valence-corrected chi connectivity index (χ1v) is 5.21. The lowest BCUT2D eigenvalue weighted by molar-refractivity contribution is -0.118. The van der Waals surface area contributed by atoms with E-state index in [0.29, 0.717) is 6.42 Å². The van der Waals surface area contributed by atoms with E-state index in [4.69, 9.17) is 0 Å². The van der Waals surface area contributed by atoms with Crippen LogP contribution >= 0.6 is 0 Å². The Kier molecular flexibility index (Phi) is 4.81. The molecule has 2 nitrogen and oxygen atoms in total. The van der Waals surface area contributed by atoms with Crippen LogP contribution in [-0.2, 0) is 4.79 Å². The molecule has 0 aliphatic carbocycles. The Morgan fingerprint density at radius 2 is 2.00 bits per heavy atom. The first-order chi connectivity index (χ1) is 7.29. The van der Waals surface area contributed by atoms with Gasteiger partial charge in [-0.3, -0.25) is 4.79 Å². The second-order valence-electron chi connectivity index (χ2n) is 3.32. The second-order valence-corrected chi connectivity index (χ2v) is 3.32. The fraction of sp³-hybridized carbons (Fsp3) is 0.417. The van der Waals surface area contributed by atoms with Crippen molar-refractivity contribution in [3.63, 3.8) is 0 Å². The summed E-state index contributed by atoms with van der Waals surface area (Å²) in [6, 6.07) is 9.22. The zero-order valence-electron chi connectivity index (χ0n) is 8.95. The maximum atomic E-state index is 12.3. The van der Waals surface area contributed by atoms with Crippen LogP contribution in [0.4, 0.5) is 10.1 Å². The molecule has 0 heterocycles. The standard InChI is InChI=1S/C12H16FNO/c1-2-6-12(15)14(10-9-13)11-7-4-3-5-8-11/h3-5,7-8H,2,6,9-10H2,1H3. The summed E-state index contributed by atoms with van der Waals surface area (Å²) in [6.45, 7) is 1.57. The molecule has 0 fully saturated rings. The Morgan fingerprint density at radius 3 is 2.53 bits per heavy atom. The summed E-state index contributed by atoms with van der Waals surface area (Å²) < 4.78 is 12.3. The van der Waals surface area contributed by atoms with Gasteiger partial charge in [-0.05, 0) is 18.6 Å². The first-order valence-electron chi connectivity index (χ1n) is 5.21. The van der Waals surface area contributed by atoms with E-state index in [-0.39, 0.29) is 12.5 Å². The lowest BCUT2D eigenvalue weighted by Crippen LogP contribution is -2.32. The number of rotatable bonds is 5. The summed E-state index contributed by atoms with van der Waals surface area (Å²) in [5, 5.41) is 0. The van der Waals surface area contributed by atoms with Crippen LogP contribution in [0.1, 0.15) is 19.8 Å². The number of nitrogens with zero attached hydrogens (tertiary/aromatic N) is 1. The van der Waals surface area contributed by atoms with Gasteiger partial charge in [0.2, 0.25) is 5.91 Å². The smallest absolute Gasteiger partial charge is 0.227 e. The van der Waals surface area contributed by atoms with Crippen LogP contribution < -0.4 is 4.90 Å². The van der Waals surface area contributed by atoms with Gasteiger partial charge in [0.1, 0.15) is 6.67 Å². The van der Waals surface area contributed by atoms with Crippen molar-refractivity contribution >= 4 is 11.6 Å². The molecule has 1 aromatic carbocycles. The normalized spacial score (nSPS) is 10.0. The Bertz CT molecular complexity index is 300. The number of benzene rings is 1. The van der Waals surface area contributed by atoms with Gasteiger partial charge in [0.25, 0.3) is 0 Å². The summed E-state index contributed by atoms with van der Waals surface area (Å²) in [6.07, 6.45) is 1.25. The van der Waals surface area contributed by atoms with Crippen LogP contribution in [0.3, 0.4) is 0 Å². The van der Waals surface area contributed by atoms with Gasteiger partial charge >= 0.3 is 0 Å². The number of alkyl halides is 1. The fourth-order valence-electron chi connectivity index (χ4n) is 1.44. The van der Waals surface area contributed by atoms with Crippen molar-refractivity contribution in [3.8, 4) is 0 Å². The van der Waals surface area contributed by atoms with Crippen molar-refractivity contribution in [1.29, 1.82) is 0 Å². The van der Waals surface area contributed by atoms with Gasteiger partial charge in [0, 0.05) is 12.1 Å². The van der Waals surface area contributed by atoms with E-state index >= 15 is 0 Å². The highest BCUT2D eigenvalue weighted by atomic mass is 19.1. The van der Waals surface area contributed by atoms with Crippen LogP contribution in [0.25, 0.3) is 0 Å². The zero-order chi connectivity index (χ0) is 11.1. The monoisotopic (exact) mass is 209 g/mol. The number of halogens is 1. The molecule has 0 bridgehead atoms. The van der Waals surface area contributed by atoms with Crippen molar-refractivity contribution < 1.29 is 9.18 Å². The van der Waals surface area contributed by atoms with Gasteiger partial charge in [-0.15, -0.1) is 0 Å². The van der Waals surface area contributed by atoms with Crippen LogP contribution in [0.5, 0.6) is 0 Å². The summed E-state index contributed by atoms with van der Waals surface area (Å²) in [5.41, 5.74) is 0.772. The summed E-state index contributed by atoms with van der Waals surface area (Å²) in [5.74, 6) is -0.0126. The number of carbonyl (C=O) groups is 1. The Balaban J connectivity index is 2.78. The number of hydrogen-bond donors (Lipinski definition) is 0. The molecule has 0 saturated carbocycles. The minimum absolute atomic E-state index is 0.0126. The number of para-hydroxylation sites is 1. The van der Waals surface area contributed by atoms with Crippen LogP contribution in [0, 0.1) is 0 Å². The van der Waals surface area contributed by atoms with Gasteiger partial charge in [-0.1, -0.05) is 25.1 Å². The van der Waals surface area contributed by atoms with E-state index in [1.165, 1.54) is 4.90 Å². The van der Waals surface area contributed by atoms with Gasteiger partial charge in [0.15, 0.2) is 0 Å². The average molecular weight is 209 g/mol. The highest BCUT2D eigenvalue weighted by Gasteiger charge is 2.13. The SMILES string of the molecule is CCCC(=O)N(CCF)c1ccccc1. The number of hydrogen-bond acceptors (Lipinski definition) is 1. The molecule has 1 amide bonds. The van der Waals surface area contributed by atoms with Crippen molar-refractivity contribution in [2.75, 3.05) is 18.1 Å². The van der Waals surface area contributed by atoms with E-state index in [0.717, 1.165) is 12.1 Å². The molecule has 0 atom stereocenters. The molecule has 0 aliphatic heterocycles. The maximum absolute atomic E-state index is 12.3. The quantitative estimate of drug-likeness (QED) is 0.730. The minimum Gasteiger partial charge on any atom is -0.310 e. The van der Waals surface area contributed by atoms with E-state index < -0.39 is 6.67 Å². The van der Waals surface area contributed by atoms with Crippen molar-refractivity contribution in [2.24, 2.45) is 0 Å². The van der Waals surface area contributed by atoms with E-state index in [1.54, 1.807) is 0 Å². The summed E-state index contributed by atoms with van der Waals surface area (Å²) in [4.78, 5) is 13.2. The molecular weight excluding hydrogens is 193 g/mol. The van der Waals surface area contributed by atoms with Crippen LogP contribution in [0.2, 0.25) is 0 Å². The third-order valence-corrected chi connectivity index (χ3v) is 2.14. The summed E-state index contributed by atoms with van der Waals surface area (Å²) in [7, 11) is 0. The molecule has 0 radical (unpaired) electrons. The van der Waals surface area contributed by atoms with Gasteiger partial charge in [0.05, 0.1) is 6.54 Å². The van der Waals surface area contributed by atoms with E-state index in [2.05, 4.69) is 0 Å². The molecule has 0 aromatic heterocycles. The molecule has 15 heavy (non-hydrogen) atoms. The molecule has 0 saturated heterocycles. The highest BCUT2D eigenvalue weighted by Crippen LogP contribution is 2.14. The van der Waals surface area contributed by atoms with E-state index in [1.807, 2.05) is 37.3 Å². The number of anilines is 1. The Morgan fingerprint density at radius 1 is 1.33 bits per heavy atom. The number of carbonyl (C=O) groups excluding carboxylic acids is 1. The highest BCUT2D eigenvalue weighted by molar-refractivity contribution is 5.93. The maximum Gasteiger partial charge on any atom is 0.227 e. The summed E-state index contributed by atoms with van der Waals surface area (Å²) >= 11 is 0. The fourth-order valence-corrected chi connectivity index (χ4v) is 1.44. The molecule has 1 rings (SSSR count). The van der Waals surface area contributed by atoms with E-state index in [9.17, 15) is 9.18 Å². The second kappa shape index (κ2) is 6.17. The van der Waals surface area contributed by atoms with Crippen molar-refractivity contribution in [1.82, 2.24) is 0 Å². The third kappa shape index (κ3) is 3.35. The molecule has 3 heteroatoms. The predicted molar refractivity (Wildman–Crippen MR) is 59.7 cm³/mol. The lowest BCUT2D eigenvalue weighted by atomic mass is 10.2. The zero-order valence-corrected chi connectivity index (χ0v) is 8.95. The Labute approximate surface area is 89.7 Å². The van der Waals surface area contributed by atoms with Crippen molar-refractivity contribution in [3.05, 3.63) is 30.3 Å². The van der Waals surface area contributed by atoms with Crippen LogP contribution in [-0.4, -0.2) is 19.1 Å². The average Bonchev–Trinajstić information content (AvgIpc) is 2.27. The van der Waals surface area contributed by atoms with Crippen molar-refractivity contribution in [2.45, 2.75) is 19.8 Å². The largest absolute Gasteiger partial charge is 0.310 e. The van der Waals surface area contributed by atoms with Gasteiger partial charge in [-0.2, -0.15) is 0 Å². The third-order valence-electron chi connectivity index (χ3n) is 2.14. The topological polar surface area (TPSA) is 20.3 Å². The number of amides is 1. The minimum atomic E-state index is -0.510. The molecule has 0 spiro atoms. The molecule has 0 unspecified atom stereocenters. The van der Waals surface area contributed by atoms with Gasteiger partial charge < -0.3 is 4.90 Å².